The van der Waals surface area contributed by atoms with E-state index in [0.717, 1.165) is 6.92 Å². The second kappa shape index (κ2) is 3.66. The third-order valence-electron chi connectivity index (χ3n) is 2.23. The summed E-state index contributed by atoms with van der Waals surface area (Å²) in [6.07, 6.45) is -0.448. The first-order chi connectivity index (χ1) is 5.52. The first-order valence-electron chi connectivity index (χ1n) is 4.15. The molecule has 0 aromatic carbocycles. The number of hydrogen-bond donors (Lipinski definition) is 1. The fraction of sp³-hybridized carbons (Fsp3) is 1.00. The minimum atomic E-state index is -2.98. The molecule has 1 heterocycles. The van der Waals surface area contributed by atoms with Crippen molar-refractivity contribution in [1.29, 1.82) is 0 Å². The van der Waals surface area contributed by atoms with Gasteiger partial charge in [-0.1, -0.05) is 0 Å². The highest BCUT2D eigenvalue weighted by Gasteiger charge is 2.38. The molecule has 0 amide bonds. The summed E-state index contributed by atoms with van der Waals surface area (Å²) >= 11 is 0. The zero-order valence-corrected chi connectivity index (χ0v) is 7.09. The molecule has 1 aliphatic heterocycles. The van der Waals surface area contributed by atoms with Crippen molar-refractivity contribution in [3.8, 4) is 0 Å². The van der Waals surface area contributed by atoms with Crippen LogP contribution in [-0.2, 0) is 4.74 Å². The van der Waals surface area contributed by atoms with Gasteiger partial charge >= 0.3 is 0 Å². The van der Waals surface area contributed by atoms with Gasteiger partial charge in [-0.2, -0.15) is 0 Å². The van der Waals surface area contributed by atoms with Gasteiger partial charge in [0, 0.05) is 20.1 Å². The molecule has 0 aromatic rings. The zero-order valence-electron chi connectivity index (χ0n) is 7.09. The largest absolute Gasteiger partial charge is 0.387 e. The first kappa shape index (κ1) is 9.86. The number of ether oxygens (including phenoxy) is 1. The van der Waals surface area contributed by atoms with Crippen LogP contribution >= 0.6 is 0 Å². The van der Waals surface area contributed by atoms with Crippen LogP contribution in [0.2, 0.25) is 0 Å². The van der Waals surface area contributed by atoms with Crippen LogP contribution in [0.1, 0.15) is 19.8 Å². The lowest BCUT2D eigenvalue weighted by Gasteiger charge is -2.29. The predicted molar refractivity (Wildman–Crippen MR) is 40.2 cm³/mol. The maximum Gasteiger partial charge on any atom is 0.271 e. The van der Waals surface area contributed by atoms with Gasteiger partial charge < -0.3 is 9.84 Å². The molecule has 0 bridgehead atoms. The Kier molecular flexibility index (Phi) is 3.01. The molecule has 1 unspecified atom stereocenters. The van der Waals surface area contributed by atoms with Gasteiger partial charge in [0.25, 0.3) is 5.92 Å². The van der Waals surface area contributed by atoms with E-state index < -0.39 is 12.0 Å². The molecule has 1 aliphatic rings. The van der Waals surface area contributed by atoms with Crippen LogP contribution in [0.4, 0.5) is 8.78 Å². The maximum absolute atomic E-state index is 12.6. The average Bonchev–Trinajstić information content (AvgIpc) is 2.03. The average molecular weight is 180 g/mol. The molecule has 12 heavy (non-hydrogen) atoms. The molecule has 4 heteroatoms. The summed E-state index contributed by atoms with van der Waals surface area (Å²) in [6, 6.07) is 0. The maximum atomic E-state index is 12.6. The highest BCUT2D eigenvalue weighted by atomic mass is 19.3. The van der Waals surface area contributed by atoms with Crippen LogP contribution in [0.25, 0.3) is 0 Å². The number of rotatable bonds is 2. The summed E-state index contributed by atoms with van der Waals surface area (Å²) in [5.41, 5.74) is 0. The van der Waals surface area contributed by atoms with E-state index in [2.05, 4.69) is 0 Å². The van der Waals surface area contributed by atoms with Crippen molar-refractivity contribution in [2.45, 2.75) is 31.8 Å². The van der Waals surface area contributed by atoms with E-state index in [9.17, 15) is 13.9 Å². The minimum absolute atomic E-state index is 0.307. The van der Waals surface area contributed by atoms with Gasteiger partial charge in [0.1, 0.15) is 6.10 Å². The zero-order chi connectivity index (χ0) is 9.19. The normalized spacial score (nSPS) is 24.0. The molecular weight excluding hydrogens is 166 g/mol. The van der Waals surface area contributed by atoms with E-state index in [-0.39, 0.29) is 5.92 Å². The fourth-order valence-electron chi connectivity index (χ4n) is 1.45. The smallest absolute Gasteiger partial charge is 0.271 e. The summed E-state index contributed by atoms with van der Waals surface area (Å²) in [4.78, 5) is 0. The van der Waals surface area contributed by atoms with Crippen molar-refractivity contribution >= 4 is 0 Å². The van der Waals surface area contributed by atoms with Gasteiger partial charge in [0.2, 0.25) is 0 Å². The first-order valence-corrected chi connectivity index (χ1v) is 4.15. The van der Waals surface area contributed by atoms with Gasteiger partial charge in [-0.25, -0.2) is 8.78 Å². The van der Waals surface area contributed by atoms with Crippen molar-refractivity contribution in [2.24, 2.45) is 5.92 Å². The Hall–Kier alpha value is -0.220. The molecule has 0 saturated carbocycles. The third-order valence-corrected chi connectivity index (χ3v) is 2.23. The van der Waals surface area contributed by atoms with Crippen LogP contribution in [0.5, 0.6) is 0 Å². The number of halogens is 2. The molecule has 1 atom stereocenters. The molecule has 1 fully saturated rings. The van der Waals surface area contributed by atoms with Crippen LogP contribution < -0.4 is 0 Å². The Morgan fingerprint density at radius 1 is 1.42 bits per heavy atom. The number of hydrogen-bond acceptors (Lipinski definition) is 2. The Labute approximate surface area is 70.5 Å². The molecule has 1 rings (SSSR count). The van der Waals surface area contributed by atoms with Crippen molar-refractivity contribution < 1.29 is 18.6 Å². The highest BCUT2D eigenvalue weighted by molar-refractivity contribution is 4.80. The summed E-state index contributed by atoms with van der Waals surface area (Å²) in [5, 5.41) is 9.20. The highest BCUT2D eigenvalue weighted by Crippen LogP contribution is 2.29. The van der Waals surface area contributed by atoms with E-state index in [1.807, 2.05) is 0 Å². The third kappa shape index (κ3) is 2.38. The van der Waals surface area contributed by atoms with Crippen molar-refractivity contribution in [3.05, 3.63) is 0 Å². The van der Waals surface area contributed by atoms with Crippen LogP contribution in [0.15, 0.2) is 0 Å². The van der Waals surface area contributed by atoms with E-state index in [4.69, 9.17) is 4.74 Å². The number of aliphatic hydroxyl groups excluding tert-OH is 1. The van der Waals surface area contributed by atoms with Gasteiger partial charge in [-0.3, -0.25) is 0 Å². The monoisotopic (exact) mass is 180 g/mol. The lowest BCUT2D eigenvalue weighted by atomic mass is 9.91. The Bertz CT molecular complexity index is 138. The molecular formula is C8H14F2O2. The minimum Gasteiger partial charge on any atom is -0.387 e. The quantitative estimate of drug-likeness (QED) is 0.696. The molecule has 0 aromatic heterocycles. The Balaban J connectivity index is 2.45. The molecule has 72 valence electrons. The van der Waals surface area contributed by atoms with Crippen molar-refractivity contribution in [1.82, 2.24) is 0 Å². The van der Waals surface area contributed by atoms with Crippen molar-refractivity contribution in [2.75, 3.05) is 13.2 Å². The van der Waals surface area contributed by atoms with Gasteiger partial charge in [-0.05, 0) is 18.8 Å². The molecule has 0 radical (unpaired) electrons. The second-order valence-electron chi connectivity index (χ2n) is 3.35. The van der Waals surface area contributed by atoms with Crippen LogP contribution in [-0.4, -0.2) is 30.3 Å². The topological polar surface area (TPSA) is 29.5 Å². The van der Waals surface area contributed by atoms with Crippen LogP contribution in [0, 0.1) is 5.92 Å². The van der Waals surface area contributed by atoms with E-state index in [1.54, 1.807) is 0 Å². The van der Waals surface area contributed by atoms with E-state index in [0.29, 0.717) is 26.1 Å². The lowest BCUT2D eigenvalue weighted by Crippen LogP contribution is -2.39. The summed E-state index contributed by atoms with van der Waals surface area (Å²) in [5.74, 6) is -3.29. The SMILES string of the molecule is CC(F)(F)C(O)C1CCOCC1. The Morgan fingerprint density at radius 2 is 1.92 bits per heavy atom. The second-order valence-corrected chi connectivity index (χ2v) is 3.35. The molecule has 2 nitrogen and oxygen atoms in total. The van der Waals surface area contributed by atoms with Crippen LogP contribution in [0.3, 0.4) is 0 Å². The number of aliphatic hydroxyl groups is 1. The lowest BCUT2D eigenvalue weighted by molar-refractivity contribution is -0.133. The van der Waals surface area contributed by atoms with Crippen molar-refractivity contribution in [3.63, 3.8) is 0 Å². The summed E-state index contributed by atoms with van der Waals surface area (Å²) in [6.45, 7) is 1.72. The van der Waals surface area contributed by atoms with Gasteiger partial charge in [0.15, 0.2) is 0 Å². The van der Waals surface area contributed by atoms with Gasteiger partial charge in [0.05, 0.1) is 0 Å². The molecule has 1 saturated heterocycles. The van der Waals surface area contributed by atoms with Gasteiger partial charge in [-0.15, -0.1) is 0 Å². The fourth-order valence-corrected chi connectivity index (χ4v) is 1.45. The number of alkyl halides is 2. The molecule has 1 N–H and O–H groups in total. The summed E-state index contributed by atoms with van der Waals surface area (Å²) < 4.78 is 30.2. The molecule has 0 spiro atoms. The standard InChI is InChI=1S/C8H14F2O2/c1-8(9,10)7(11)6-2-4-12-5-3-6/h6-7,11H,2-5H2,1H3. The van der Waals surface area contributed by atoms with E-state index >= 15 is 0 Å². The Morgan fingerprint density at radius 3 is 2.33 bits per heavy atom. The molecule has 0 aliphatic carbocycles. The van der Waals surface area contributed by atoms with E-state index in [1.165, 1.54) is 0 Å². The summed E-state index contributed by atoms with van der Waals surface area (Å²) in [7, 11) is 0. The predicted octanol–water partition coefficient (Wildman–Crippen LogP) is 1.43.